The van der Waals surface area contributed by atoms with E-state index < -0.39 is 35.3 Å². The van der Waals surface area contributed by atoms with Gasteiger partial charge < -0.3 is 14.9 Å². The molecular weight excluding hydrogens is 384 g/mol. The summed E-state index contributed by atoms with van der Waals surface area (Å²) in [5, 5.41) is 21.0. The number of carboxylic acid groups (broad SMARTS) is 2. The first-order valence-electron chi connectivity index (χ1n) is 9.22. The average Bonchev–Trinajstić information content (AvgIpc) is 2.73. The molecule has 1 atom stereocenters. The van der Waals surface area contributed by atoms with Gasteiger partial charge in [0, 0.05) is 11.0 Å². The van der Waals surface area contributed by atoms with Crippen molar-refractivity contribution in [1.82, 2.24) is 0 Å². The Morgan fingerprint density at radius 1 is 0.867 bits per heavy atom. The molecule has 0 amide bonds. The molecule has 152 valence electrons. The van der Waals surface area contributed by atoms with Crippen molar-refractivity contribution in [2.24, 2.45) is 5.41 Å². The van der Waals surface area contributed by atoms with Gasteiger partial charge in [-0.3, -0.25) is 9.59 Å². The molecule has 0 saturated heterocycles. The van der Waals surface area contributed by atoms with Crippen molar-refractivity contribution in [2.75, 3.05) is 0 Å². The summed E-state index contributed by atoms with van der Waals surface area (Å²) in [5.74, 6) is -3.51. The van der Waals surface area contributed by atoms with Crippen LogP contribution in [0, 0.1) is 5.41 Å². The third kappa shape index (κ3) is 4.22. The number of ether oxygens (including phenoxy) is 1. The highest BCUT2D eigenvalue weighted by molar-refractivity contribution is 5.99. The first kappa shape index (κ1) is 20.8. The molecule has 6 heteroatoms. The second-order valence-corrected chi connectivity index (χ2v) is 6.96. The van der Waals surface area contributed by atoms with Crippen molar-refractivity contribution in [3.8, 4) is 5.75 Å². The van der Waals surface area contributed by atoms with Crippen LogP contribution in [-0.4, -0.2) is 28.1 Å². The number of hydrogen-bond donors (Lipinski definition) is 2. The van der Waals surface area contributed by atoms with E-state index in [1.54, 1.807) is 54.6 Å². The van der Waals surface area contributed by atoms with Crippen molar-refractivity contribution in [3.05, 3.63) is 90.5 Å². The van der Waals surface area contributed by atoms with Crippen LogP contribution in [0.15, 0.2) is 84.9 Å². The highest BCUT2D eigenvalue weighted by atomic mass is 16.5. The fourth-order valence-corrected chi connectivity index (χ4v) is 3.40. The number of aliphatic carboxylic acids is 2. The lowest BCUT2D eigenvalue weighted by atomic mass is 9.73. The summed E-state index contributed by atoms with van der Waals surface area (Å²) in [6.45, 7) is 3.47. The Hall–Kier alpha value is -3.93. The molecule has 0 aliphatic carbocycles. The van der Waals surface area contributed by atoms with E-state index in [9.17, 15) is 24.6 Å². The van der Waals surface area contributed by atoms with Crippen molar-refractivity contribution in [3.63, 3.8) is 0 Å². The van der Waals surface area contributed by atoms with E-state index in [0.29, 0.717) is 10.9 Å². The Balaban J connectivity index is 1.95. The summed E-state index contributed by atoms with van der Waals surface area (Å²) in [5.41, 5.74) is -2.05. The number of benzene rings is 3. The highest BCUT2D eigenvalue weighted by Gasteiger charge is 2.47. The number of carbonyl (C=O) groups excluding carboxylic acids is 1. The lowest BCUT2D eigenvalue weighted by Gasteiger charge is -2.29. The lowest BCUT2D eigenvalue weighted by Crippen LogP contribution is -2.41. The van der Waals surface area contributed by atoms with Gasteiger partial charge in [-0.2, -0.15) is 0 Å². The number of fused-ring (bicyclic) bond motifs is 1. The van der Waals surface area contributed by atoms with E-state index in [4.69, 9.17) is 4.74 Å². The van der Waals surface area contributed by atoms with Gasteiger partial charge in [-0.25, -0.2) is 4.79 Å². The molecule has 0 aromatic heterocycles. The molecule has 0 heterocycles. The topological polar surface area (TPSA) is 101 Å². The molecule has 2 N–H and O–H groups in total. The van der Waals surface area contributed by atoms with Gasteiger partial charge in [-0.1, -0.05) is 73.3 Å². The van der Waals surface area contributed by atoms with Crippen LogP contribution >= 0.6 is 0 Å². The number of hydrogen-bond acceptors (Lipinski definition) is 4. The molecule has 0 radical (unpaired) electrons. The predicted molar refractivity (Wildman–Crippen MR) is 111 cm³/mol. The number of carbonyl (C=O) groups is 3. The zero-order valence-electron chi connectivity index (χ0n) is 16.1. The first-order chi connectivity index (χ1) is 14.3. The Morgan fingerprint density at radius 3 is 2.17 bits per heavy atom. The summed E-state index contributed by atoms with van der Waals surface area (Å²) < 4.78 is 5.46. The second kappa shape index (κ2) is 8.61. The summed E-state index contributed by atoms with van der Waals surface area (Å²) in [4.78, 5) is 36.7. The number of esters is 1. The molecule has 30 heavy (non-hydrogen) atoms. The zero-order chi connectivity index (χ0) is 21.7. The van der Waals surface area contributed by atoms with Gasteiger partial charge in [-0.05, 0) is 23.4 Å². The molecule has 0 aliphatic heterocycles. The summed E-state index contributed by atoms with van der Waals surface area (Å²) in [7, 11) is 0. The van der Waals surface area contributed by atoms with Crippen LogP contribution in [0.25, 0.3) is 10.8 Å². The standard InChI is InChI=1S/C24H20O6/c1-16(22(26)27)24(23(28)29,14-17-8-3-2-4-9-17)15-21(25)30-20-13-7-11-18-10-5-6-12-19(18)20/h2-13H,1,14-15H2,(H,26,27)(H,28,29). The monoisotopic (exact) mass is 404 g/mol. The van der Waals surface area contributed by atoms with Crippen LogP contribution in [-0.2, 0) is 20.8 Å². The van der Waals surface area contributed by atoms with E-state index in [-0.39, 0.29) is 12.2 Å². The van der Waals surface area contributed by atoms with Crippen LogP contribution in [0.4, 0.5) is 0 Å². The van der Waals surface area contributed by atoms with E-state index in [2.05, 4.69) is 6.58 Å². The van der Waals surface area contributed by atoms with Crippen LogP contribution in [0.2, 0.25) is 0 Å². The lowest BCUT2D eigenvalue weighted by molar-refractivity contribution is -0.154. The molecular formula is C24H20O6. The second-order valence-electron chi connectivity index (χ2n) is 6.96. The van der Waals surface area contributed by atoms with Gasteiger partial charge in [0.25, 0.3) is 0 Å². The van der Waals surface area contributed by atoms with Crippen molar-refractivity contribution in [2.45, 2.75) is 12.8 Å². The number of carboxylic acids is 2. The quantitative estimate of drug-likeness (QED) is 0.333. The maximum absolute atomic E-state index is 12.8. The molecule has 0 bridgehead atoms. The third-order valence-electron chi connectivity index (χ3n) is 5.01. The van der Waals surface area contributed by atoms with Crippen LogP contribution in [0.3, 0.4) is 0 Å². The van der Waals surface area contributed by atoms with Crippen molar-refractivity contribution >= 4 is 28.7 Å². The maximum atomic E-state index is 12.8. The zero-order valence-corrected chi connectivity index (χ0v) is 16.1. The molecule has 6 nitrogen and oxygen atoms in total. The van der Waals surface area contributed by atoms with E-state index in [1.165, 1.54) is 0 Å². The minimum absolute atomic E-state index is 0.209. The third-order valence-corrected chi connectivity index (χ3v) is 5.01. The minimum atomic E-state index is -2.05. The van der Waals surface area contributed by atoms with Gasteiger partial charge in [0.1, 0.15) is 11.2 Å². The Kier molecular flexibility index (Phi) is 5.97. The molecule has 0 fully saturated rings. The van der Waals surface area contributed by atoms with Gasteiger partial charge in [0.15, 0.2) is 0 Å². The van der Waals surface area contributed by atoms with Crippen LogP contribution < -0.4 is 4.74 Å². The summed E-state index contributed by atoms with van der Waals surface area (Å²) >= 11 is 0. The van der Waals surface area contributed by atoms with Gasteiger partial charge >= 0.3 is 17.9 Å². The van der Waals surface area contributed by atoms with Crippen LogP contribution in [0.1, 0.15) is 12.0 Å². The van der Waals surface area contributed by atoms with Crippen molar-refractivity contribution in [1.29, 1.82) is 0 Å². The molecule has 3 aromatic carbocycles. The molecule has 3 rings (SSSR count). The van der Waals surface area contributed by atoms with Gasteiger partial charge in [0.2, 0.25) is 0 Å². The molecule has 0 spiro atoms. The molecule has 1 unspecified atom stereocenters. The van der Waals surface area contributed by atoms with Crippen molar-refractivity contribution < 1.29 is 29.3 Å². The van der Waals surface area contributed by atoms with E-state index >= 15 is 0 Å². The smallest absolute Gasteiger partial charge is 0.332 e. The molecule has 0 saturated carbocycles. The predicted octanol–water partition coefficient (Wildman–Crippen LogP) is 4.09. The van der Waals surface area contributed by atoms with Gasteiger partial charge in [-0.15, -0.1) is 0 Å². The Bertz CT molecular complexity index is 1110. The van der Waals surface area contributed by atoms with Gasteiger partial charge in [0.05, 0.1) is 6.42 Å². The minimum Gasteiger partial charge on any atom is -0.481 e. The summed E-state index contributed by atoms with van der Waals surface area (Å²) in [6, 6.07) is 21.0. The first-order valence-corrected chi connectivity index (χ1v) is 9.22. The van der Waals surface area contributed by atoms with Crippen LogP contribution in [0.5, 0.6) is 5.75 Å². The largest absolute Gasteiger partial charge is 0.481 e. The Labute approximate surface area is 173 Å². The molecule has 0 aliphatic rings. The average molecular weight is 404 g/mol. The van der Waals surface area contributed by atoms with E-state index in [1.807, 2.05) is 18.2 Å². The SMILES string of the molecule is C=C(C(=O)O)C(CC(=O)Oc1cccc2ccccc12)(Cc1ccccc1)C(=O)O. The fraction of sp³-hybridized carbons (Fsp3) is 0.125. The molecule has 3 aromatic rings. The normalized spacial score (nSPS) is 12.7. The maximum Gasteiger partial charge on any atom is 0.332 e. The fourth-order valence-electron chi connectivity index (χ4n) is 3.40. The van der Waals surface area contributed by atoms with E-state index in [0.717, 1.165) is 5.39 Å². The summed E-state index contributed by atoms with van der Waals surface area (Å²) in [6.07, 6.45) is -0.884. The number of rotatable bonds is 8. The Morgan fingerprint density at radius 2 is 1.50 bits per heavy atom. The highest BCUT2D eigenvalue weighted by Crippen LogP contribution is 2.37.